The molecule has 0 bridgehead atoms. The topological polar surface area (TPSA) is 62.6 Å². The summed E-state index contributed by atoms with van der Waals surface area (Å²) in [5, 5.41) is 10.2. The van der Waals surface area contributed by atoms with E-state index in [0.717, 1.165) is 5.56 Å². The van der Waals surface area contributed by atoms with Crippen molar-refractivity contribution in [3.05, 3.63) is 70.7 Å². The van der Waals surface area contributed by atoms with E-state index >= 15 is 0 Å². The molecule has 2 atom stereocenters. The summed E-state index contributed by atoms with van der Waals surface area (Å²) in [6, 6.07) is 18.0. The summed E-state index contributed by atoms with van der Waals surface area (Å²) in [6.07, 6.45) is -0.210. The van der Waals surface area contributed by atoms with Crippen LogP contribution in [-0.2, 0) is 9.47 Å². The Balaban J connectivity index is 1.62. The number of carbonyl (C=O) groups excluding carboxylic acids is 1. The van der Waals surface area contributed by atoms with Gasteiger partial charge < -0.3 is 9.47 Å². The summed E-state index contributed by atoms with van der Waals surface area (Å²) in [4.78, 5) is 14.1. The Labute approximate surface area is 157 Å². The molecule has 0 aliphatic carbocycles. The first-order valence-corrected chi connectivity index (χ1v) is 8.78. The van der Waals surface area contributed by atoms with E-state index in [2.05, 4.69) is 6.07 Å². The molecule has 1 aliphatic rings. The third kappa shape index (κ3) is 4.41. The minimum Gasteiger partial charge on any atom is -0.459 e. The molecular formula is C20H19ClN2O3. The Hall–Kier alpha value is -2.39. The minimum atomic E-state index is -0.531. The van der Waals surface area contributed by atoms with Crippen LogP contribution in [0.3, 0.4) is 0 Å². The van der Waals surface area contributed by atoms with Crippen molar-refractivity contribution in [2.45, 2.75) is 12.1 Å². The van der Waals surface area contributed by atoms with E-state index in [1.807, 2.05) is 35.2 Å². The molecule has 0 aromatic heterocycles. The van der Waals surface area contributed by atoms with Crippen molar-refractivity contribution in [2.24, 2.45) is 0 Å². The van der Waals surface area contributed by atoms with Crippen molar-refractivity contribution in [3.8, 4) is 6.07 Å². The molecule has 0 N–H and O–H groups in total. The number of halogens is 1. The molecule has 2 aromatic carbocycles. The van der Waals surface area contributed by atoms with Crippen molar-refractivity contribution in [3.63, 3.8) is 0 Å². The van der Waals surface area contributed by atoms with E-state index in [1.165, 1.54) is 0 Å². The molecule has 1 saturated heterocycles. The average molecular weight is 371 g/mol. The van der Waals surface area contributed by atoms with Gasteiger partial charge in [-0.15, -0.1) is 0 Å². The molecular weight excluding hydrogens is 352 g/mol. The van der Waals surface area contributed by atoms with Crippen LogP contribution in [-0.4, -0.2) is 43.2 Å². The van der Waals surface area contributed by atoms with Gasteiger partial charge in [-0.25, -0.2) is 4.79 Å². The number of benzene rings is 2. The standard InChI is InChI=1S/C20H19ClN2O3/c21-18-9-5-4-8-17(18)19-13-23(10-11-25-19)16(12-22)14-26-20(24)15-6-2-1-3-7-15/h1-9,16,19H,10-11,13-14H2. The van der Waals surface area contributed by atoms with Gasteiger partial charge in [0.1, 0.15) is 12.6 Å². The fourth-order valence-electron chi connectivity index (χ4n) is 2.91. The van der Waals surface area contributed by atoms with Gasteiger partial charge in [0, 0.05) is 23.7 Å². The van der Waals surface area contributed by atoms with Gasteiger partial charge in [-0.3, -0.25) is 4.90 Å². The normalized spacial score (nSPS) is 18.7. The van der Waals surface area contributed by atoms with E-state index in [9.17, 15) is 10.1 Å². The number of hydrogen-bond acceptors (Lipinski definition) is 5. The summed E-state index contributed by atoms with van der Waals surface area (Å²) >= 11 is 6.26. The first-order valence-electron chi connectivity index (χ1n) is 8.41. The molecule has 0 radical (unpaired) electrons. The number of rotatable bonds is 5. The van der Waals surface area contributed by atoms with Crippen LogP contribution in [0.2, 0.25) is 5.02 Å². The monoisotopic (exact) mass is 370 g/mol. The van der Waals surface area contributed by atoms with Gasteiger partial charge in [-0.2, -0.15) is 5.26 Å². The largest absolute Gasteiger partial charge is 0.459 e. The molecule has 0 saturated carbocycles. The second-order valence-electron chi connectivity index (χ2n) is 5.99. The molecule has 1 fully saturated rings. The lowest BCUT2D eigenvalue weighted by Gasteiger charge is -2.35. The quantitative estimate of drug-likeness (QED) is 0.754. The van der Waals surface area contributed by atoms with E-state index < -0.39 is 12.0 Å². The van der Waals surface area contributed by atoms with Gasteiger partial charge in [-0.1, -0.05) is 48.0 Å². The molecule has 26 heavy (non-hydrogen) atoms. The summed E-state index contributed by atoms with van der Waals surface area (Å²) in [7, 11) is 0. The van der Waals surface area contributed by atoms with E-state index in [4.69, 9.17) is 21.1 Å². The van der Waals surface area contributed by atoms with E-state index in [1.54, 1.807) is 24.3 Å². The molecule has 1 aliphatic heterocycles. The summed E-state index contributed by atoms with van der Waals surface area (Å²) in [5.74, 6) is -0.429. The summed E-state index contributed by atoms with van der Waals surface area (Å²) < 4.78 is 11.2. The maximum absolute atomic E-state index is 12.1. The van der Waals surface area contributed by atoms with Crippen LogP contribution in [0, 0.1) is 11.3 Å². The number of nitriles is 1. The Bertz CT molecular complexity index is 791. The van der Waals surface area contributed by atoms with Crippen LogP contribution >= 0.6 is 11.6 Å². The van der Waals surface area contributed by atoms with Crippen molar-refractivity contribution in [2.75, 3.05) is 26.3 Å². The lowest BCUT2D eigenvalue weighted by atomic mass is 10.1. The minimum absolute atomic E-state index is 0.0134. The molecule has 134 valence electrons. The number of carbonyl (C=O) groups is 1. The van der Waals surface area contributed by atoms with Crippen molar-refractivity contribution >= 4 is 17.6 Å². The lowest BCUT2D eigenvalue weighted by molar-refractivity contribution is -0.0457. The maximum atomic E-state index is 12.1. The summed E-state index contributed by atoms with van der Waals surface area (Å²) in [5.41, 5.74) is 1.37. The highest BCUT2D eigenvalue weighted by Gasteiger charge is 2.29. The Kier molecular flexibility index (Phi) is 6.24. The summed E-state index contributed by atoms with van der Waals surface area (Å²) in [6.45, 7) is 1.62. The SMILES string of the molecule is N#CC(COC(=O)c1ccccc1)N1CCOC(c2ccccc2Cl)C1. The molecule has 2 aromatic rings. The maximum Gasteiger partial charge on any atom is 0.338 e. The van der Waals surface area contributed by atoms with Gasteiger partial charge in [0.2, 0.25) is 0 Å². The Morgan fingerprint density at radius 3 is 2.73 bits per heavy atom. The number of ether oxygens (including phenoxy) is 2. The molecule has 6 heteroatoms. The number of nitrogens with zero attached hydrogens (tertiary/aromatic N) is 2. The van der Waals surface area contributed by atoms with Crippen LogP contribution in [0.1, 0.15) is 22.0 Å². The number of hydrogen-bond donors (Lipinski definition) is 0. The zero-order valence-corrected chi connectivity index (χ0v) is 14.9. The van der Waals surface area contributed by atoms with Gasteiger partial charge in [0.25, 0.3) is 0 Å². The van der Waals surface area contributed by atoms with Crippen LogP contribution in [0.15, 0.2) is 54.6 Å². The zero-order chi connectivity index (χ0) is 18.4. The second-order valence-corrected chi connectivity index (χ2v) is 6.39. The highest BCUT2D eigenvalue weighted by atomic mass is 35.5. The van der Waals surface area contributed by atoms with Gasteiger partial charge in [0.05, 0.1) is 24.3 Å². The number of esters is 1. The molecule has 0 amide bonds. The fraction of sp³-hybridized carbons (Fsp3) is 0.300. The van der Waals surface area contributed by atoms with Crippen LogP contribution < -0.4 is 0 Å². The van der Waals surface area contributed by atoms with E-state index in [-0.39, 0.29) is 12.7 Å². The predicted molar refractivity (Wildman–Crippen MR) is 97.8 cm³/mol. The average Bonchev–Trinajstić information content (AvgIpc) is 2.69. The predicted octanol–water partition coefficient (Wildman–Crippen LogP) is 3.46. The van der Waals surface area contributed by atoms with Gasteiger partial charge >= 0.3 is 5.97 Å². The molecule has 1 heterocycles. The highest BCUT2D eigenvalue weighted by Crippen LogP contribution is 2.29. The highest BCUT2D eigenvalue weighted by molar-refractivity contribution is 6.31. The van der Waals surface area contributed by atoms with Gasteiger partial charge in [-0.05, 0) is 18.2 Å². The number of morpholine rings is 1. The van der Waals surface area contributed by atoms with E-state index in [0.29, 0.717) is 30.3 Å². The smallest absolute Gasteiger partial charge is 0.338 e. The third-order valence-corrected chi connectivity index (χ3v) is 4.67. The second kappa shape index (κ2) is 8.81. The van der Waals surface area contributed by atoms with Gasteiger partial charge in [0.15, 0.2) is 0 Å². The third-order valence-electron chi connectivity index (χ3n) is 4.32. The van der Waals surface area contributed by atoms with Crippen LogP contribution in [0.5, 0.6) is 0 Å². The lowest BCUT2D eigenvalue weighted by Crippen LogP contribution is -2.46. The van der Waals surface area contributed by atoms with Crippen molar-refractivity contribution in [1.29, 1.82) is 5.26 Å². The Morgan fingerprint density at radius 2 is 2.00 bits per heavy atom. The molecule has 3 rings (SSSR count). The molecule has 2 unspecified atom stereocenters. The van der Waals surface area contributed by atoms with Crippen molar-refractivity contribution < 1.29 is 14.3 Å². The first kappa shape index (κ1) is 18.4. The fourth-order valence-corrected chi connectivity index (χ4v) is 3.17. The van der Waals surface area contributed by atoms with Crippen LogP contribution in [0.25, 0.3) is 0 Å². The first-order chi connectivity index (χ1) is 12.7. The van der Waals surface area contributed by atoms with Crippen LogP contribution in [0.4, 0.5) is 0 Å². The molecule has 0 spiro atoms. The van der Waals surface area contributed by atoms with Crippen molar-refractivity contribution in [1.82, 2.24) is 4.90 Å². The Morgan fingerprint density at radius 1 is 1.27 bits per heavy atom. The molecule has 5 nitrogen and oxygen atoms in total. The zero-order valence-electron chi connectivity index (χ0n) is 14.2.